The Morgan fingerprint density at radius 3 is 2.65 bits per heavy atom. The maximum Gasteiger partial charge on any atom is 0.270 e. The summed E-state index contributed by atoms with van der Waals surface area (Å²) in [6, 6.07) is 9.97. The van der Waals surface area contributed by atoms with Crippen molar-refractivity contribution >= 4 is 11.9 Å². The molecular weight excluding hydrogens is 288 g/mol. The van der Waals surface area contributed by atoms with Crippen molar-refractivity contribution in [3.8, 4) is 0 Å². The number of aromatic nitrogens is 2. The standard InChI is InChI=1S/C18H24N4O/c1-5-13(3)20-18-21-14(4)10-16(22-18)17(23)19-11-15-9-7-6-8-12(15)2/h6-10,13H,5,11H2,1-4H3,(H,19,23)(H,20,21,22). The molecule has 23 heavy (non-hydrogen) atoms. The quantitative estimate of drug-likeness (QED) is 0.859. The van der Waals surface area contributed by atoms with E-state index in [-0.39, 0.29) is 11.9 Å². The molecule has 1 heterocycles. The molecule has 2 aromatic rings. The summed E-state index contributed by atoms with van der Waals surface area (Å²) in [7, 11) is 0. The third-order valence-corrected chi connectivity index (χ3v) is 3.78. The van der Waals surface area contributed by atoms with Gasteiger partial charge in [0.25, 0.3) is 5.91 Å². The molecule has 122 valence electrons. The topological polar surface area (TPSA) is 66.9 Å². The number of nitrogens with zero attached hydrogens (tertiary/aromatic N) is 2. The van der Waals surface area contributed by atoms with Crippen molar-refractivity contribution in [2.75, 3.05) is 5.32 Å². The van der Waals surface area contributed by atoms with Gasteiger partial charge in [0, 0.05) is 18.3 Å². The summed E-state index contributed by atoms with van der Waals surface area (Å²) >= 11 is 0. The molecule has 0 fully saturated rings. The predicted octanol–water partition coefficient (Wildman–Crippen LogP) is 3.23. The third-order valence-electron chi connectivity index (χ3n) is 3.78. The second kappa shape index (κ2) is 7.72. The Bertz CT molecular complexity index is 684. The van der Waals surface area contributed by atoms with Crippen LogP contribution in [0.4, 0.5) is 5.95 Å². The molecule has 0 spiro atoms. The van der Waals surface area contributed by atoms with Crippen LogP contribution in [0, 0.1) is 13.8 Å². The van der Waals surface area contributed by atoms with Gasteiger partial charge in [-0.25, -0.2) is 9.97 Å². The van der Waals surface area contributed by atoms with Crippen LogP contribution in [-0.4, -0.2) is 21.9 Å². The molecule has 0 aliphatic rings. The van der Waals surface area contributed by atoms with Crippen LogP contribution in [0.2, 0.25) is 0 Å². The molecule has 1 atom stereocenters. The molecule has 0 saturated heterocycles. The molecule has 0 aliphatic heterocycles. The van der Waals surface area contributed by atoms with Crippen LogP contribution in [0.5, 0.6) is 0 Å². The molecule has 1 aromatic carbocycles. The van der Waals surface area contributed by atoms with E-state index in [1.165, 1.54) is 0 Å². The van der Waals surface area contributed by atoms with Crippen molar-refractivity contribution in [3.63, 3.8) is 0 Å². The lowest BCUT2D eigenvalue weighted by Gasteiger charge is -2.13. The average Bonchev–Trinajstić information content (AvgIpc) is 2.53. The smallest absolute Gasteiger partial charge is 0.270 e. The van der Waals surface area contributed by atoms with Crippen LogP contribution in [-0.2, 0) is 6.54 Å². The minimum atomic E-state index is -0.189. The van der Waals surface area contributed by atoms with Crippen LogP contribution in [0.25, 0.3) is 0 Å². The lowest BCUT2D eigenvalue weighted by molar-refractivity contribution is 0.0945. The van der Waals surface area contributed by atoms with Crippen molar-refractivity contribution < 1.29 is 4.79 Å². The fraction of sp³-hybridized carbons (Fsp3) is 0.389. The Labute approximate surface area is 137 Å². The minimum Gasteiger partial charge on any atom is -0.352 e. The Morgan fingerprint density at radius 2 is 1.96 bits per heavy atom. The first-order chi connectivity index (χ1) is 11.0. The highest BCUT2D eigenvalue weighted by Gasteiger charge is 2.11. The van der Waals surface area contributed by atoms with Crippen LogP contribution < -0.4 is 10.6 Å². The first-order valence-electron chi connectivity index (χ1n) is 7.94. The van der Waals surface area contributed by atoms with Gasteiger partial charge in [-0.1, -0.05) is 31.2 Å². The minimum absolute atomic E-state index is 0.189. The van der Waals surface area contributed by atoms with Crippen molar-refractivity contribution in [1.29, 1.82) is 0 Å². The zero-order valence-corrected chi connectivity index (χ0v) is 14.2. The van der Waals surface area contributed by atoms with Crippen molar-refractivity contribution in [1.82, 2.24) is 15.3 Å². The molecule has 2 rings (SSSR count). The van der Waals surface area contributed by atoms with E-state index in [4.69, 9.17) is 0 Å². The van der Waals surface area contributed by atoms with Gasteiger partial charge >= 0.3 is 0 Å². The summed E-state index contributed by atoms with van der Waals surface area (Å²) in [4.78, 5) is 21.0. The average molecular weight is 312 g/mol. The largest absolute Gasteiger partial charge is 0.352 e. The van der Waals surface area contributed by atoms with E-state index >= 15 is 0 Å². The Kier molecular flexibility index (Phi) is 5.68. The Hall–Kier alpha value is -2.43. The molecule has 1 amide bonds. The van der Waals surface area contributed by atoms with E-state index in [0.717, 1.165) is 23.2 Å². The number of anilines is 1. The highest BCUT2D eigenvalue weighted by atomic mass is 16.1. The van der Waals surface area contributed by atoms with Crippen LogP contribution in [0.15, 0.2) is 30.3 Å². The Morgan fingerprint density at radius 1 is 1.22 bits per heavy atom. The van der Waals surface area contributed by atoms with E-state index < -0.39 is 0 Å². The summed E-state index contributed by atoms with van der Waals surface area (Å²) in [5.74, 6) is 0.311. The molecule has 0 bridgehead atoms. The summed E-state index contributed by atoms with van der Waals surface area (Å²) in [5, 5.41) is 6.13. The maximum atomic E-state index is 12.4. The number of hydrogen-bond acceptors (Lipinski definition) is 4. The van der Waals surface area contributed by atoms with E-state index in [1.54, 1.807) is 6.07 Å². The van der Waals surface area contributed by atoms with E-state index in [9.17, 15) is 4.79 Å². The van der Waals surface area contributed by atoms with Gasteiger partial charge in [0.2, 0.25) is 5.95 Å². The molecule has 0 radical (unpaired) electrons. The monoisotopic (exact) mass is 312 g/mol. The third kappa shape index (κ3) is 4.77. The number of aryl methyl sites for hydroxylation is 2. The number of rotatable bonds is 6. The molecular formula is C18H24N4O. The predicted molar refractivity (Wildman–Crippen MR) is 92.5 cm³/mol. The number of amides is 1. The van der Waals surface area contributed by atoms with Crippen molar-refractivity contribution in [2.24, 2.45) is 0 Å². The summed E-state index contributed by atoms with van der Waals surface area (Å²) in [6.07, 6.45) is 0.964. The summed E-state index contributed by atoms with van der Waals surface area (Å²) < 4.78 is 0. The van der Waals surface area contributed by atoms with Crippen LogP contribution in [0.3, 0.4) is 0 Å². The number of carbonyl (C=O) groups is 1. The van der Waals surface area contributed by atoms with Gasteiger partial charge in [-0.05, 0) is 44.4 Å². The highest BCUT2D eigenvalue weighted by molar-refractivity contribution is 5.92. The van der Waals surface area contributed by atoms with Gasteiger partial charge in [0.1, 0.15) is 5.69 Å². The van der Waals surface area contributed by atoms with E-state index in [0.29, 0.717) is 18.2 Å². The fourth-order valence-corrected chi connectivity index (χ4v) is 2.15. The van der Waals surface area contributed by atoms with Gasteiger partial charge in [-0.3, -0.25) is 4.79 Å². The zero-order chi connectivity index (χ0) is 16.8. The SMILES string of the molecule is CCC(C)Nc1nc(C)cc(C(=O)NCc2ccccc2C)n1. The molecule has 5 heteroatoms. The molecule has 0 aliphatic carbocycles. The van der Waals surface area contributed by atoms with Crippen LogP contribution >= 0.6 is 0 Å². The first kappa shape index (κ1) is 16.9. The normalized spacial score (nSPS) is 11.8. The molecule has 5 nitrogen and oxygen atoms in total. The van der Waals surface area contributed by atoms with Gasteiger partial charge in [0.05, 0.1) is 0 Å². The number of hydrogen-bond donors (Lipinski definition) is 2. The molecule has 1 aromatic heterocycles. The van der Waals surface area contributed by atoms with Crippen molar-refractivity contribution in [3.05, 3.63) is 52.8 Å². The molecule has 0 saturated carbocycles. The summed E-state index contributed by atoms with van der Waals surface area (Å²) in [5.41, 5.74) is 3.42. The molecule has 1 unspecified atom stereocenters. The van der Waals surface area contributed by atoms with Gasteiger partial charge in [-0.2, -0.15) is 0 Å². The van der Waals surface area contributed by atoms with E-state index in [2.05, 4.69) is 34.4 Å². The van der Waals surface area contributed by atoms with Gasteiger partial charge in [-0.15, -0.1) is 0 Å². The van der Waals surface area contributed by atoms with Gasteiger partial charge < -0.3 is 10.6 Å². The number of carbonyl (C=O) groups excluding carboxylic acids is 1. The second-order valence-electron chi connectivity index (χ2n) is 5.78. The Balaban J connectivity index is 2.08. The van der Waals surface area contributed by atoms with Gasteiger partial charge in [0.15, 0.2) is 0 Å². The number of nitrogens with one attached hydrogen (secondary N) is 2. The number of benzene rings is 1. The van der Waals surface area contributed by atoms with E-state index in [1.807, 2.05) is 38.1 Å². The lowest BCUT2D eigenvalue weighted by atomic mass is 10.1. The van der Waals surface area contributed by atoms with Crippen LogP contribution in [0.1, 0.15) is 47.6 Å². The molecule has 2 N–H and O–H groups in total. The van der Waals surface area contributed by atoms with Crippen molar-refractivity contribution in [2.45, 2.75) is 46.7 Å². The second-order valence-corrected chi connectivity index (χ2v) is 5.78. The zero-order valence-electron chi connectivity index (χ0n) is 14.2. The highest BCUT2D eigenvalue weighted by Crippen LogP contribution is 2.09. The first-order valence-corrected chi connectivity index (χ1v) is 7.94. The maximum absolute atomic E-state index is 12.4. The summed E-state index contributed by atoms with van der Waals surface area (Å²) in [6.45, 7) is 8.53. The lowest BCUT2D eigenvalue weighted by Crippen LogP contribution is -2.25. The fourth-order valence-electron chi connectivity index (χ4n) is 2.15.